The van der Waals surface area contributed by atoms with Crippen molar-refractivity contribution in [3.05, 3.63) is 0 Å². The molecular formula is C6H13Cl2NO2S. The maximum atomic E-state index is 10.9. The molecule has 0 radical (unpaired) electrons. The lowest BCUT2D eigenvalue weighted by molar-refractivity contribution is 0.574. The van der Waals surface area contributed by atoms with Gasteiger partial charge in [0.2, 0.25) is 0 Å². The summed E-state index contributed by atoms with van der Waals surface area (Å²) in [7, 11) is -2.73. The maximum Gasteiger partial charge on any atom is 0.151 e. The molecule has 3 nitrogen and oxygen atoms in total. The lowest BCUT2D eigenvalue weighted by atomic mass is 10.3. The first-order valence-corrected chi connectivity index (χ1v) is 5.99. The molecule has 0 aromatic rings. The summed E-state index contributed by atoms with van der Waals surface area (Å²) < 4.78 is 21.9. The van der Waals surface area contributed by atoms with Gasteiger partial charge in [-0.1, -0.05) is 0 Å². The Bertz CT molecular complexity index is 218. The van der Waals surface area contributed by atoms with Crippen LogP contribution in [0.4, 0.5) is 0 Å². The van der Waals surface area contributed by atoms with Crippen LogP contribution in [0.1, 0.15) is 6.42 Å². The van der Waals surface area contributed by atoms with E-state index in [1.165, 1.54) is 0 Å². The molecule has 1 rings (SSSR count). The Hall–Kier alpha value is 0.490. The van der Waals surface area contributed by atoms with E-state index in [0.717, 1.165) is 6.42 Å². The second-order valence-corrected chi connectivity index (χ2v) is 5.35. The van der Waals surface area contributed by atoms with Crippen molar-refractivity contribution in [3.63, 3.8) is 0 Å². The predicted octanol–water partition coefficient (Wildman–Crippen LogP) is 0.424. The minimum Gasteiger partial charge on any atom is -0.312 e. The molecule has 1 fully saturated rings. The summed E-state index contributed by atoms with van der Waals surface area (Å²) >= 11 is 5.44. The molecule has 1 unspecified atom stereocenters. The van der Waals surface area contributed by atoms with Gasteiger partial charge in [0.15, 0.2) is 9.84 Å². The van der Waals surface area contributed by atoms with Crippen LogP contribution in [0, 0.1) is 0 Å². The lowest BCUT2D eigenvalue weighted by Crippen LogP contribution is -2.31. The second kappa shape index (κ2) is 5.27. The molecule has 0 aliphatic carbocycles. The molecular weight excluding hydrogens is 221 g/mol. The Kier molecular flexibility index (Phi) is 5.48. The highest BCUT2D eigenvalue weighted by Gasteiger charge is 2.26. The van der Waals surface area contributed by atoms with Gasteiger partial charge in [-0.3, -0.25) is 0 Å². The van der Waals surface area contributed by atoms with Gasteiger partial charge in [-0.15, -0.1) is 24.0 Å². The van der Waals surface area contributed by atoms with Crippen molar-refractivity contribution in [2.45, 2.75) is 12.5 Å². The van der Waals surface area contributed by atoms with Crippen LogP contribution in [0.15, 0.2) is 0 Å². The van der Waals surface area contributed by atoms with Gasteiger partial charge in [-0.2, -0.15) is 0 Å². The minimum absolute atomic E-state index is 0. The molecule has 1 aliphatic rings. The van der Waals surface area contributed by atoms with Gasteiger partial charge in [0.25, 0.3) is 0 Å². The van der Waals surface area contributed by atoms with E-state index in [-0.39, 0.29) is 24.2 Å². The molecule has 12 heavy (non-hydrogen) atoms. The van der Waals surface area contributed by atoms with Gasteiger partial charge in [0.05, 0.1) is 11.5 Å². The molecule has 0 aromatic heterocycles. The van der Waals surface area contributed by atoms with Gasteiger partial charge >= 0.3 is 0 Å². The molecule has 0 spiro atoms. The highest BCUT2D eigenvalue weighted by molar-refractivity contribution is 7.91. The van der Waals surface area contributed by atoms with Crippen LogP contribution in [0.5, 0.6) is 0 Å². The smallest absolute Gasteiger partial charge is 0.151 e. The van der Waals surface area contributed by atoms with Gasteiger partial charge in [-0.25, -0.2) is 8.42 Å². The van der Waals surface area contributed by atoms with Crippen LogP contribution in [0.3, 0.4) is 0 Å². The van der Waals surface area contributed by atoms with Crippen molar-refractivity contribution in [2.24, 2.45) is 0 Å². The summed E-state index contributed by atoms with van der Waals surface area (Å²) in [5.74, 6) is 1.15. The van der Waals surface area contributed by atoms with Gasteiger partial charge in [-0.05, 0) is 6.42 Å². The first kappa shape index (κ1) is 12.5. The van der Waals surface area contributed by atoms with Crippen molar-refractivity contribution < 1.29 is 8.42 Å². The fourth-order valence-electron chi connectivity index (χ4n) is 1.21. The summed E-state index contributed by atoms with van der Waals surface area (Å²) in [5.41, 5.74) is 0. The summed E-state index contributed by atoms with van der Waals surface area (Å²) in [6.45, 7) is 0.696. The molecule has 1 saturated heterocycles. The van der Waals surface area contributed by atoms with E-state index >= 15 is 0 Å². The third kappa shape index (κ3) is 3.94. The average Bonchev–Trinajstić information content (AvgIpc) is 2.26. The Balaban J connectivity index is 0.00000121. The van der Waals surface area contributed by atoms with Gasteiger partial charge in [0.1, 0.15) is 0 Å². The van der Waals surface area contributed by atoms with Crippen LogP contribution in [-0.4, -0.2) is 38.4 Å². The zero-order valence-electron chi connectivity index (χ0n) is 6.62. The normalized spacial score (nSPS) is 26.6. The molecule has 0 amide bonds. The minimum atomic E-state index is -2.73. The molecule has 0 saturated carbocycles. The SMILES string of the molecule is Cl.O=S1(=O)CCC(NCCCl)C1. The fourth-order valence-corrected chi connectivity index (χ4v) is 3.03. The number of halogens is 2. The molecule has 1 atom stereocenters. The van der Waals surface area contributed by atoms with E-state index in [1.54, 1.807) is 0 Å². The largest absolute Gasteiger partial charge is 0.312 e. The van der Waals surface area contributed by atoms with E-state index < -0.39 is 9.84 Å². The third-order valence-electron chi connectivity index (χ3n) is 1.76. The van der Waals surface area contributed by atoms with Gasteiger partial charge < -0.3 is 5.32 Å². The van der Waals surface area contributed by atoms with Crippen LogP contribution in [0.25, 0.3) is 0 Å². The highest BCUT2D eigenvalue weighted by Crippen LogP contribution is 2.10. The van der Waals surface area contributed by atoms with E-state index in [9.17, 15) is 8.42 Å². The predicted molar refractivity (Wildman–Crippen MR) is 53.0 cm³/mol. The van der Waals surface area contributed by atoms with E-state index in [2.05, 4.69) is 5.32 Å². The Morgan fingerprint density at radius 1 is 1.50 bits per heavy atom. The molecule has 0 bridgehead atoms. The number of alkyl halides is 1. The number of rotatable bonds is 3. The highest BCUT2D eigenvalue weighted by atomic mass is 35.5. The lowest BCUT2D eigenvalue weighted by Gasteiger charge is -2.07. The summed E-state index contributed by atoms with van der Waals surface area (Å²) in [5, 5.41) is 3.08. The summed E-state index contributed by atoms with van der Waals surface area (Å²) in [4.78, 5) is 0. The number of hydrogen-bond acceptors (Lipinski definition) is 3. The molecule has 1 heterocycles. The monoisotopic (exact) mass is 233 g/mol. The first-order chi connectivity index (χ1) is 5.14. The van der Waals surface area contributed by atoms with Crippen LogP contribution in [0.2, 0.25) is 0 Å². The summed E-state index contributed by atoms with van der Waals surface area (Å²) in [6.07, 6.45) is 0.735. The Morgan fingerprint density at radius 2 is 2.17 bits per heavy atom. The maximum absolute atomic E-state index is 10.9. The van der Waals surface area contributed by atoms with Crippen molar-refractivity contribution in [1.82, 2.24) is 5.32 Å². The third-order valence-corrected chi connectivity index (χ3v) is 3.72. The zero-order chi connectivity index (χ0) is 8.32. The van der Waals surface area contributed by atoms with Crippen molar-refractivity contribution >= 4 is 33.8 Å². The van der Waals surface area contributed by atoms with Crippen LogP contribution in [-0.2, 0) is 9.84 Å². The second-order valence-electron chi connectivity index (χ2n) is 2.74. The molecule has 1 aliphatic heterocycles. The quantitative estimate of drug-likeness (QED) is 0.720. The number of sulfone groups is 1. The van der Waals surface area contributed by atoms with Crippen molar-refractivity contribution in [2.75, 3.05) is 23.9 Å². The summed E-state index contributed by atoms with van der Waals surface area (Å²) in [6, 6.07) is 0.138. The topological polar surface area (TPSA) is 46.2 Å². The molecule has 0 aromatic carbocycles. The van der Waals surface area contributed by atoms with Gasteiger partial charge in [0, 0.05) is 18.5 Å². The number of nitrogens with one attached hydrogen (secondary N) is 1. The Morgan fingerprint density at radius 3 is 2.58 bits per heavy atom. The van der Waals surface area contributed by atoms with Crippen LogP contribution >= 0.6 is 24.0 Å². The first-order valence-electron chi connectivity index (χ1n) is 3.64. The standard InChI is InChI=1S/C6H12ClNO2S.ClH/c7-2-3-8-6-1-4-11(9,10)5-6;/h6,8H,1-5H2;1H. The average molecular weight is 234 g/mol. The van der Waals surface area contributed by atoms with E-state index in [4.69, 9.17) is 11.6 Å². The number of hydrogen-bond donors (Lipinski definition) is 1. The molecule has 6 heteroatoms. The molecule has 74 valence electrons. The van der Waals surface area contributed by atoms with Crippen LogP contribution < -0.4 is 5.32 Å². The zero-order valence-corrected chi connectivity index (χ0v) is 9.01. The Labute approximate surface area is 84.2 Å². The van der Waals surface area contributed by atoms with Crippen molar-refractivity contribution in [3.8, 4) is 0 Å². The van der Waals surface area contributed by atoms with E-state index in [1.807, 2.05) is 0 Å². The fraction of sp³-hybridized carbons (Fsp3) is 1.00. The molecule has 1 N–H and O–H groups in total. The van der Waals surface area contributed by atoms with E-state index in [0.29, 0.717) is 18.2 Å². The van der Waals surface area contributed by atoms with Crippen molar-refractivity contribution in [1.29, 1.82) is 0 Å².